The fourth-order valence-electron chi connectivity index (χ4n) is 1.12. The molecule has 80 valence electrons. The fraction of sp³-hybridized carbons (Fsp3) is 0.111. The molecule has 0 atom stereocenters. The third-order valence-corrected chi connectivity index (χ3v) is 2.19. The van der Waals surface area contributed by atoms with Crippen molar-refractivity contribution in [3.05, 3.63) is 27.3 Å². The second-order valence-electron chi connectivity index (χ2n) is 3.06. The van der Waals surface area contributed by atoms with Crippen molar-refractivity contribution in [1.29, 1.82) is 10.8 Å². The predicted octanol–water partition coefficient (Wildman–Crippen LogP) is 1.43. The van der Waals surface area contributed by atoms with E-state index in [2.05, 4.69) is 33.2 Å². The van der Waals surface area contributed by atoms with E-state index >= 15 is 0 Å². The molecule has 0 saturated carbocycles. The van der Waals surface area contributed by atoms with Crippen LogP contribution in [0.2, 0.25) is 0 Å². The zero-order valence-electron chi connectivity index (χ0n) is 8.19. The first-order chi connectivity index (χ1) is 6.97. The predicted molar refractivity (Wildman–Crippen MR) is 70.3 cm³/mol. The molecule has 1 rings (SSSR count). The first-order valence-electron chi connectivity index (χ1n) is 4.21. The first kappa shape index (κ1) is 11.8. The number of hydrogen-bond donors (Lipinski definition) is 5. The summed E-state index contributed by atoms with van der Waals surface area (Å²) >= 11 is 2.21. The number of benzene rings is 1. The Morgan fingerprint density at radius 1 is 1.33 bits per heavy atom. The highest BCUT2D eigenvalue weighted by atomic mass is 127. The Labute approximate surface area is 102 Å². The molecule has 0 spiro atoms. The van der Waals surface area contributed by atoms with Crippen LogP contribution < -0.4 is 16.4 Å². The van der Waals surface area contributed by atoms with Crippen molar-refractivity contribution in [3.63, 3.8) is 0 Å². The highest BCUT2D eigenvalue weighted by Crippen LogP contribution is 2.15. The van der Waals surface area contributed by atoms with Crippen LogP contribution in [0.1, 0.15) is 5.56 Å². The summed E-state index contributed by atoms with van der Waals surface area (Å²) in [5.41, 5.74) is 7.01. The van der Waals surface area contributed by atoms with E-state index in [1.807, 2.05) is 25.1 Å². The molecular formula is C9H12IN5. The Morgan fingerprint density at radius 2 is 2.00 bits per heavy atom. The molecule has 6 heteroatoms. The van der Waals surface area contributed by atoms with Crippen molar-refractivity contribution >= 4 is 40.2 Å². The number of nitrogens with two attached hydrogens (primary N) is 1. The van der Waals surface area contributed by atoms with Crippen molar-refractivity contribution in [1.82, 2.24) is 5.32 Å². The van der Waals surface area contributed by atoms with Crippen molar-refractivity contribution in [2.75, 3.05) is 5.32 Å². The Morgan fingerprint density at radius 3 is 2.53 bits per heavy atom. The molecular weight excluding hydrogens is 305 g/mol. The second kappa shape index (κ2) is 4.96. The van der Waals surface area contributed by atoms with Gasteiger partial charge in [0.05, 0.1) is 0 Å². The zero-order valence-corrected chi connectivity index (χ0v) is 10.3. The molecule has 5 nitrogen and oxygen atoms in total. The van der Waals surface area contributed by atoms with Crippen LogP contribution >= 0.6 is 22.6 Å². The molecule has 0 aliphatic heterocycles. The van der Waals surface area contributed by atoms with E-state index in [1.54, 1.807) is 0 Å². The number of anilines is 1. The van der Waals surface area contributed by atoms with Crippen LogP contribution in [0, 0.1) is 21.3 Å². The van der Waals surface area contributed by atoms with Gasteiger partial charge in [-0.2, -0.15) is 0 Å². The van der Waals surface area contributed by atoms with Crippen LogP contribution in [0.5, 0.6) is 0 Å². The van der Waals surface area contributed by atoms with Gasteiger partial charge in [0.1, 0.15) is 0 Å². The highest BCUT2D eigenvalue weighted by Gasteiger charge is 2.00. The minimum Gasteiger partial charge on any atom is -0.370 e. The van der Waals surface area contributed by atoms with Gasteiger partial charge in [0.15, 0.2) is 11.9 Å². The van der Waals surface area contributed by atoms with E-state index < -0.39 is 0 Å². The lowest BCUT2D eigenvalue weighted by Crippen LogP contribution is -2.39. The minimum absolute atomic E-state index is 0.0103. The molecule has 0 aliphatic carbocycles. The summed E-state index contributed by atoms with van der Waals surface area (Å²) in [6.45, 7) is 1.98. The maximum Gasteiger partial charge on any atom is 0.199 e. The van der Waals surface area contributed by atoms with Crippen LogP contribution in [-0.2, 0) is 0 Å². The molecule has 0 saturated heterocycles. The third kappa shape index (κ3) is 4.15. The summed E-state index contributed by atoms with van der Waals surface area (Å²) in [7, 11) is 0. The fourth-order valence-corrected chi connectivity index (χ4v) is 1.95. The smallest absolute Gasteiger partial charge is 0.199 e. The van der Waals surface area contributed by atoms with Crippen molar-refractivity contribution < 1.29 is 0 Å². The Balaban J connectivity index is 2.72. The van der Waals surface area contributed by atoms with Crippen LogP contribution in [0.4, 0.5) is 5.69 Å². The van der Waals surface area contributed by atoms with Crippen LogP contribution in [0.3, 0.4) is 0 Å². The number of rotatable bonds is 1. The molecule has 0 fully saturated rings. The van der Waals surface area contributed by atoms with Crippen LogP contribution in [0.25, 0.3) is 0 Å². The maximum atomic E-state index is 7.45. The SMILES string of the molecule is Cc1cc(I)cc(NC(=N)NC(=N)N)c1. The third-order valence-electron chi connectivity index (χ3n) is 1.57. The lowest BCUT2D eigenvalue weighted by molar-refractivity contribution is 1.20. The van der Waals surface area contributed by atoms with Gasteiger partial charge in [0, 0.05) is 9.26 Å². The molecule has 1 aromatic rings. The topological polar surface area (TPSA) is 97.8 Å². The molecule has 0 radical (unpaired) electrons. The molecule has 0 aromatic heterocycles. The van der Waals surface area contributed by atoms with Crippen LogP contribution in [0.15, 0.2) is 18.2 Å². The van der Waals surface area contributed by atoms with E-state index in [4.69, 9.17) is 16.6 Å². The average Bonchev–Trinajstić information content (AvgIpc) is 1.98. The minimum atomic E-state index is -0.255. The molecule has 6 N–H and O–H groups in total. The molecule has 0 unspecified atom stereocenters. The van der Waals surface area contributed by atoms with Gasteiger partial charge in [-0.05, 0) is 53.3 Å². The second-order valence-corrected chi connectivity index (χ2v) is 4.30. The van der Waals surface area contributed by atoms with Gasteiger partial charge < -0.3 is 11.1 Å². The molecule has 0 amide bonds. The van der Waals surface area contributed by atoms with Gasteiger partial charge in [-0.15, -0.1) is 0 Å². The lowest BCUT2D eigenvalue weighted by Gasteiger charge is -2.09. The number of halogens is 1. The summed E-state index contributed by atoms with van der Waals surface area (Å²) in [5, 5.41) is 19.6. The summed E-state index contributed by atoms with van der Waals surface area (Å²) in [6, 6.07) is 5.86. The normalized spacial score (nSPS) is 9.47. The summed E-state index contributed by atoms with van der Waals surface area (Å²) in [6.07, 6.45) is 0. The van der Waals surface area contributed by atoms with Crippen molar-refractivity contribution in [3.8, 4) is 0 Å². The number of aryl methyl sites for hydroxylation is 1. The number of guanidine groups is 2. The molecule has 0 aliphatic rings. The standard InChI is InChI=1S/C9H12IN5/c1-5-2-6(10)4-7(3-5)14-9(13)15-8(11)12/h2-4H,1H3,(H6,11,12,13,14,15). The molecule has 15 heavy (non-hydrogen) atoms. The summed E-state index contributed by atoms with van der Waals surface area (Å²) < 4.78 is 1.09. The maximum absolute atomic E-state index is 7.45. The van der Waals surface area contributed by atoms with Gasteiger partial charge >= 0.3 is 0 Å². The summed E-state index contributed by atoms with van der Waals surface area (Å²) in [4.78, 5) is 0. The lowest BCUT2D eigenvalue weighted by atomic mass is 10.2. The van der Waals surface area contributed by atoms with E-state index in [0.29, 0.717) is 0 Å². The van der Waals surface area contributed by atoms with Gasteiger partial charge in [-0.1, -0.05) is 0 Å². The average molecular weight is 317 g/mol. The molecule has 0 bridgehead atoms. The quantitative estimate of drug-likeness (QED) is 0.308. The molecule has 0 heterocycles. The highest BCUT2D eigenvalue weighted by molar-refractivity contribution is 14.1. The van der Waals surface area contributed by atoms with Gasteiger partial charge in [0.2, 0.25) is 0 Å². The number of nitrogens with one attached hydrogen (secondary N) is 4. The monoisotopic (exact) mass is 317 g/mol. The van der Waals surface area contributed by atoms with Gasteiger partial charge in [-0.3, -0.25) is 16.1 Å². The first-order valence-corrected chi connectivity index (χ1v) is 5.29. The number of hydrogen-bond acceptors (Lipinski definition) is 2. The van der Waals surface area contributed by atoms with E-state index in [1.165, 1.54) is 0 Å². The van der Waals surface area contributed by atoms with Gasteiger partial charge in [0.25, 0.3) is 0 Å². The van der Waals surface area contributed by atoms with Crippen molar-refractivity contribution in [2.24, 2.45) is 5.73 Å². The zero-order chi connectivity index (χ0) is 11.4. The van der Waals surface area contributed by atoms with E-state index in [-0.39, 0.29) is 11.9 Å². The van der Waals surface area contributed by atoms with E-state index in [0.717, 1.165) is 14.8 Å². The Hall–Kier alpha value is -1.31. The molecule has 1 aromatic carbocycles. The Kier molecular flexibility index (Phi) is 3.89. The summed E-state index contributed by atoms with van der Waals surface area (Å²) in [5.74, 6) is -0.265. The largest absolute Gasteiger partial charge is 0.370 e. The Bertz CT molecular complexity index is 381. The van der Waals surface area contributed by atoms with Crippen molar-refractivity contribution in [2.45, 2.75) is 6.92 Å². The van der Waals surface area contributed by atoms with Gasteiger partial charge in [-0.25, -0.2) is 0 Å². The van der Waals surface area contributed by atoms with Crippen LogP contribution in [-0.4, -0.2) is 11.9 Å². The van der Waals surface area contributed by atoms with E-state index in [9.17, 15) is 0 Å².